The van der Waals surface area contributed by atoms with E-state index in [-0.39, 0.29) is 6.10 Å². The summed E-state index contributed by atoms with van der Waals surface area (Å²) in [6, 6.07) is 0. The van der Waals surface area contributed by atoms with Crippen LogP contribution in [0.1, 0.15) is 45.4 Å². The molecule has 85 valence electrons. The molecule has 0 saturated heterocycles. The fourth-order valence-electron chi connectivity index (χ4n) is 1.27. The van der Waals surface area contributed by atoms with E-state index in [0.717, 1.165) is 6.61 Å². The molecule has 0 aromatic carbocycles. The topological polar surface area (TPSA) is 18.5 Å². The van der Waals surface area contributed by atoms with Crippen molar-refractivity contribution < 1.29 is 9.47 Å². The van der Waals surface area contributed by atoms with E-state index < -0.39 is 0 Å². The lowest BCUT2D eigenvalue weighted by molar-refractivity contribution is 0.0303. The Morgan fingerprint density at radius 1 is 1.07 bits per heavy atom. The highest BCUT2D eigenvalue weighted by Crippen LogP contribution is 2.04. The maximum Gasteiger partial charge on any atom is 0.0805 e. The van der Waals surface area contributed by atoms with Crippen LogP contribution in [-0.4, -0.2) is 26.4 Å². The Kier molecular flexibility index (Phi) is 10.9. The van der Waals surface area contributed by atoms with Crippen molar-refractivity contribution in [2.75, 3.05) is 20.3 Å². The Labute approximate surface area is 89.0 Å². The first-order chi connectivity index (χ1) is 6.81. The van der Waals surface area contributed by atoms with Crippen LogP contribution < -0.4 is 0 Å². The average Bonchev–Trinajstić information content (AvgIpc) is 2.21. The number of ether oxygens (including phenoxy) is 2. The monoisotopic (exact) mass is 201 g/mol. The van der Waals surface area contributed by atoms with E-state index in [9.17, 15) is 0 Å². The summed E-state index contributed by atoms with van der Waals surface area (Å²) in [5.74, 6) is 0. The molecule has 0 amide bonds. The second kappa shape index (κ2) is 11.0. The largest absolute Gasteiger partial charge is 0.379 e. The van der Waals surface area contributed by atoms with E-state index in [1.807, 2.05) is 0 Å². The number of rotatable bonds is 10. The van der Waals surface area contributed by atoms with Gasteiger partial charge in [-0.05, 0) is 13.3 Å². The second-order valence-corrected chi connectivity index (χ2v) is 3.70. The average molecular weight is 201 g/mol. The minimum absolute atomic E-state index is 0.0184. The number of methoxy groups -OCH3 is 1. The third-order valence-electron chi connectivity index (χ3n) is 2.28. The Bertz CT molecular complexity index is 104. The number of hydrogen-bond donors (Lipinski definition) is 0. The standard InChI is InChI=1S/C12H25O2/c1-4-5-6-7-8-9-10-14-11-12(2)13-3/h12H,2,4-11H2,1,3H3. The fourth-order valence-corrected chi connectivity index (χ4v) is 1.27. The van der Waals surface area contributed by atoms with Gasteiger partial charge in [0.2, 0.25) is 0 Å². The van der Waals surface area contributed by atoms with Gasteiger partial charge in [0.1, 0.15) is 0 Å². The quantitative estimate of drug-likeness (QED) is 0.505. The highest BCUT2D eigenvalue weighted by atomic mass is 16.5. The summed E-state index contributed by atoms with van der Waals surface area (Å²) in [7, 11) is 1.66. The van der Waals surface area contributed by atoms with E-state index in [0.29, 0.717) is 6.61 Å². The lowest BCUT2D eigenvalue weighted by Gasteiger charge is -2.09. The summed E-state index contributed by atoms with van der Waals surface area (Å²) in [5.41, 5.74) is 0. The second-order valence-electron chi connectivity index (χ2n) is 3.70. The van der Waals surface area contributed by atoms with E-state index in [1.54, 1.807) is 7.11 Å². The first kappa shape index (κ1) is 13.9. The molecule has 0 aromatic heterocycles. The maximum absolute atomic E-state index is 5.41. The SMILES string of the molecule is [CH2]C(COCCCCCCCC)OC. The van der Waals surface area contributed by atoms with E-state index in [4.69, 9.17) is 9.47 Å². The van der Waals surface area contributed by atoms with E-state index >= 15 is 0 Å². The van der Waals surface area contributed by atoms with Crippen molar-refractivity contribution in [3.05, 3.63) is 6.92 Å². The van der Waals surface area contributed by atoms with Gasteiger partial charge in [-0.25, -0.2) is 0 Å². The van der Waals surface area contributed by atoms with Gasteiger partial charge in [-0.3, -0.25) is 0 Å². The third kappa shape index (κ3) is 10.0. The molecule has 0 aliphatic rings. The van der Waals surface area contributed by atoms with Crippen LogP contribution in [0.4, 0.5) is 0 Å². The van der Waals surface area contributed by atoms with Gasteiger partial charge >= 0.3 is 0 Å². The van der Waals surface area contributed by atoms with Crippen LogP contribution in [0.3, 0.4) is 0 Å². The van der Waals surface area contributed by atoms with E-state index in [1.165, 1.54) is 38.5 Å². The minimum Gasteiger partial charge on any atom is -0.379 e. The van der Waals surface area contributed by atoms with Crippen molar-refractivity contribution in [2.45, 2.75) is 51.6 Å². The molecule has 0 N–H and O–H groups in total. The summed E-state index contributed by atoms with van der Waals surface area (Å²) >= 11 is 0. The van der Waals surface area contributed by atoms with Gasteiger partial charge < -0.3 is 9.47 Å². The molecule has 1 atom stereocenters. The molecular weight excluding hydrogens is 176 g/mol. The molecule has 0 aliphatic heterocycles. The summed E-state index contributed by atoms with van der Waals surface area (Å²) < 4.78 is 10.4. The molecule has 0 aliphatic carbocycles. The summed E-state index contributed by atoms with van der Waals surface area (Å²) in [5, 5.41) is 0. The van der Waals surface area contributed by atoms with Crippen molar-refractivity contribution in [2.24, 2.45) is 0 Å². The summed E-state index contributed by atoms with van der Waals surface area (Å²) in [6.07, 6.45) is 7.82. The lowest BCUT2D eigenvalue weighted by Crippen LogP contribution is -2.14. The molecule has 0 heterocycles. The zero-order valence-electron chi connectivity index (χ0n) is 9.76. The first-order valence-corrected chi connectivity index (χ1v) is 5.74. The van der Waals surface area contributed by atoms with Crippen LogP contribution in [0.25, 0.3) is 0 Å². The van der Waals surface area contributed by atoms with E-state index in [2.05, 4.69) is 13.8 Å². The Morgan fingerprint density at radius 2 is 1.71 bits per heavy atom. The molecule has 0 saturated carbocycles. The predicted molar refractivity (Wildman–Crippen MR) is 60.3 cm³/mol. The maximum atomic E-state index is 5.41. The molecule has 0 aromatic rings. The highest BCUT2D eigenvalue weighted by Gasteiger charge is 1.98. The molecule has 1 unspecified atom stereocenters. The molecule has 0 rings (SSSR count). The molecular formula is C12H25O2. The zero-order chi connectivity index (χ0) is 10.6. The summed E-state index contributed by atoms with van der Waals surface area (Å²) in [4.78, 5) is 0. The van der Waals surface area contributed by atoms with Crippen LogP contribution in [0, 0.1) is 6.92 Å². The van der Waals surface area contributed by atoms with Crippen LogP contribution in [0.5, 0.6) is 0 Å². The molecule has 0 spiro atoms. The van der Waals surface area contributed by atoms with Crippen molar-refractivity contribution in [3.63, 3.8) is 0 Å². The molecule has 0 bridgehead atoms. The van der Waals surface area contributed by atoms with Crippen molar-refractivity contribution in [1.82, 2.24) is 0 Å². The van der Waals surface area contributed by atoms with Gasteiger partial charge in [-0.2, -0.15) is 0 Å². The molecule has 0 fully saturated rings. The van der Waals surface area contributed by atoms with Gasteiger partial charge in [0.05, 0.1) is 12.7 Å². The van der Waals surface area contributed by atoms with Crippen molar-refractivity contribution >= 4 is 0 Å². The van der Waals surface area contributed by atoms with Crippen LogP contribution in [0.2, 0.25) is 0 Å². The highest BCUT2D eigenvalue weighted by molar-refractivity contribution is 4.56. The van der Waals surface area contributed by atoms with Gasteiger partial charge in [-0.1, -0.05) is 39.0 Å². The zero-order valence-corrected chi connectivity index (χ0v) is 9.76. The smallest absolute Gasteiger partial charge is 0.0805 e. The van der Waals surface area contributed by atoms with Gasteiger partial charge in [0.15, 0.2) is 0 Å². The molecule has 1 radical (unpaired) electrons. The van der Waals surface area contributed by atoms with Crippen LogP contribution in [0.15, 0.2) is 0 Å². The molecule has 14 heavy (non-hydrogen) atoms. The van der Waals surface area contributed by atoms with Crippen molar-refractivity contribution in [1.29, 1.82) is 0 Å². The normalized spacial score (nSPS) is 13.1. The summed E-state index contributed by atoms with van der Waals surface area (Å²) in [6.45, 7) is 7.47. The van der Waals surface area contributed by atoms with Gasteiger partial charge in [0.25, 0.3) is 0 Å². The minimum atomic E-state index is -0.0184. The van der Waals surface area contributed by atoms with Crippen LogP contribution in [-0.2, 0) is 9.47 Å². The van der Waals surface area contributed by atoms with Gasteiger partial charge in [-0.15, -0.1) is 0 Å². The Morgan fingerprint density at radius 3 is 2.36 bits per heavy atom. The Hall–Kier alpha value is -0.0800. The molecule has 2 nitrogen and oxygen atoms in total. The van der Waals surface area contributed by atoms with Gasteiger partial charge in [0, 0.05) is 13.7 Å². The fraction of sp³-hybridized carbons (Fsp3) is 0.917. The number of unbranched alkanes of at least 4 members (excludes halogenated alkanes) is 5. The van der Waals surface area contributed by atoms with Crippen molar-refractivity contribution in [3.8, 4) is 0 Å². The first-order valence-electron chi connectivity index (χ1n) is 5.74. The predicted octanol–water partition coefficient (Wildman–Crippen LogP) is 3.21. The Balaban J connectivity index is 2.92. The van der Waals surface area contributed by atoms with Crippen LogP contribution >= 0.6 is 0 Å². The number of hydrogen-bond acceptors (Lipinski definition) is 2. The molecule has 2 heteroatoms. The lowest BCUT2D eigenvalue weighted by atomic mass is 10.1. The third-order valence-corrected chi connectivity index (χ3v) is 2.28.